The van der Waals surface area contributed by atoms with Crippen LogP contribution in [0.5, 0.6) is 5.75 Å². The number of aryl methyl sites for hydroxylation is 1. The number of hydrogen-bond acceptors (Lipinski definition) is 1. The Morgan fingerprint density at radius 2 is 1.70 bits per heavy atom. The number of rotatable bonds is 4. The summed E-state index contributed by atoms with van der Waals surface area (Å²) in [5, 5.41) is 0. The molecule has 0 radical (unpaired) electrons. The predicted molar refractivity (Wildman–Crippen MR) is 83.2 cm³/mol. The van der Waals surface area contributed by atoms with Crippen LogP contribution in [0.3, 0.4) is 0 Å². The SMILES string of the molecule is COc1ccc(CCC(C)=C2C=CC(=[O+]C)C=C2)cc1. The van der Waals surface area contributed by atoms with Crippen LogP contribution in [0.2, 0.25) is 0 Å². The monoisotopic (exact) mass is 269 g/mol. The van der Waals surface area contributed by atoms with E-state index in [4.69, 9.17) is 9.16 Å². The van der Waals surface area contributed by atoms with Crippen molar-refractivity contribution < 1.29 is 9.16 Å². The molecular weight excluding hydrogens is 248 g/mol. The maximum Gasteiger partial charge on any atom is 0.343 e. The Labute approximate surface area is 120 Å². The molecule has 1 aliphatic rings. The minimum Gasteiger partial charge on any atom is -0.497 e. The lowest BCUT2D eigenvalue weighted by molar-refractivity contribution is -0.417. The molecule has 0 saturated heterocycles. The third-order valence-corrected chi connectivity index (χ3v) is 3.53. The Kier molecular flexibility index (Phi) is 4.94. The van der Waals surface area contributed by atoms with Gasteiger partial charge in [-0.25, -0.2) is 0 Å². The molecular formula is C18H21O2+. The van der Waals surface area contributed by atoms with Gasteiger partial charge in [0.1, 0.15) is 5.75 Å². The maximum absolute atomic E-state index is 5.18. The molecule has 2 rings (SSSR count). The summed E-state index contributed by atoms with van der Waals surface area (Å²) in [6, 6.07) is 8.27. The number of hydrogen-bond donors (Lipinski definition) is 0. The molecule has 0 saturated carbocycles. The highest BCUT2D eigenvalue weighted by Gasteiger charge is 2.07. The van der Waals surface area contributed by atoms with Crippen molar-refractivity contribution in [3.63, 3.8) is 0 Å². The number of ketones is 1. The standard InChI is InChI=1S/C18H21O2/c1-14(16-8-12-18(20-3)13-9-16)4-5-15-6-10-17(19-2)11-7-15/h6-13H,4-5H2,1-3H3/q+1. The van der Waals surface area contributed by atoms with Gasteiger partial charge in [0.15, 0.2) is 0 Å². The Hall–Kier alpha value is -2.09. The molecule has 0 heterocycles. The minimum atomic E-state index is 0.900. The van der Waals surface area contributed by atoms with E-state index in [9.17, 15) is 0 Å². The fraction of sp³-hybridized carbons (Fsp3) is 0.278. The minimum absolute atomic E-state index is 0.900. The van der Waals surface area contributed by atoms with Gasteiger partial charge in [-0.3, -0.25) is 4.42 Å². The third kappa shape index (κ3) is 3.70. The van der Waals surface area contributed by atoms with E-state index in [1.54, 1.807) is 14.2 Å². The molecule has 1 aliphatic carbocycles. The molecule has 2 heteroatoms. The average molecular weight is 269 g/mol. The van der Waals surface area contributed by atoms with Crippen molar-refractivity contribution in [2.24, 2.45) is 0 Å². The first-order valence-electron chi connectivity index (χ1n) is 6.82. The van der Waals surface area contributed by atoms with E-state index >= 15 is 0 Å². The highest BCUT2D eigenvalue weighted by atomic mass is 16.5. The van der Waals surface area contributed by atoms with Crippen molar-refractivity contribution in [1.29, 1.82) is 0 Å². The first kappa shape index (κ1) is 14.3. The highest BCUT2D eigenvalue weighted by Crippen LogP contribution is 2.18. The van der Waals surface area contributed by atoms with Crippen LogP contribution in [-0.2, 0) is 10.8 Å². The van der Waals surface area contributed by atoms with Crippen LogP contribution in [0.4, 0.5) is 0 Å². The lowest BCUT2D eigenvalue weighted by atomic mass is 9.98. The lowest BCUT2D eigenvalue weighted by Crippen LogP contribution is -1.98. The normalized spacial score (nSPS) is 13.6. The zero-order valence-electron chi connectivity index (χ0n) is 12.3. The first-order chi connectivity index (χ1) is 9.72. The molecule has 20 heavy (non-hydrogen) atoms. The molecule has 1 aromatic rings. The summed E-state index contributed by atoms with van der Waals surface area (Å²) in [4.78, 5) is 0. The van der Waals surface area contributed by atoms with Crippen molar-refractivity contribution in [2.45, 2.75) is 19.8 Å². The van der Waals surface area contributed by atoms with E-state index in [-0.39, 0.29) is 0 Å². The van der Waals surface area contributed by atoms with Gasteiger partial charge in [-0.05, 0) is 55.2 Å². The van der Waals surface area contributed by atoms with Crippen molar-refractivity contribution in [3.05, 3.63) is 65.3 Å². The molecule has 0 bridgehead atoms. The lowest BCUT2D eigenvalue weighted by Gasteiger charge is -2.07. The predicted octanol–water partition coefficient (Wildman–Crippen LogP) is 3.80. The number of ether oxygens (including phenoxy) is 1. The van der Waals surface area contributed by atoms with Crippen LogP contribution in [-0.4, -0.2) is 20.0 Å². The molecule has 104 valence electrons. The van der Waals surface area contributed by atoms with Gasteiger partial charge < -0.3 is 4.74 Å². The van der Waals surface area contributed by atoms with Gasteiger partial charge in [0.25, 0.3) is 7.11 Å². The summed E-state index contributed by atoms with van der Waals surface area (Å²) in [6.45, 7) is 2.19. The van der Waals surface area contributed by atoms with E-state index in [1.165, 1.54) is 16.7 Å². The molecule has 0 fully saturated rings. The fourth-order valence-corrected chi connectivity index (χ4v) is 2.14. The second-order valence-electron chi connectivity index (χ2n) is 4.86. The van der Waals surface area contributed by atoms with Crippen molar-refractivity contribution >= 4 is 5.78 Å². The van der Waals surface area contributed by atoms with Crippen LogP contribution in [0.15, 0.2) is 59.7 Å². The van der Waals surface area contributed by atoms with Crippen LogP contribution >= 0.6 is 0 Å². The van der Waals surface area contributed by atoms with E-state index < -0.39 is 0 Å². The molecule has 0 amide bonds. The highest BCUT2D eigenvalue weighted by molar-refractivity contribution is 6.01. The molecule has 0 aromatic heterocycles. The van der Waals surface area contributed by atoms with Crippen LogP contribution in [0.25, 0.3) is 0 Å². The van der Waals surface area contributed by atoms with Gasteiger partial charge in [0.2, 0.25) is 0 Å². The Bertz CT molecular complexity index is 554. The zero-order chi connectivity index (χ0) is 14.4. The Morgan fingerprint density at radius 3 is 2.25 bits per heavy atom. The molecule has 0 spiro atoms. The van der Waals surface area contributed by atoms with Crippen LogP contribution in [0, 0.1) is 0 Å². The summed E-state index contributed by atoms with van der Waals surface area (Å²) < 4.78 is 10.3. The van der Waals surface area contributed by atoms with E-state index in [2.05, 4.69) is 31.2 Å². The number of carbonyl (C=O) groups excluding carboxylic acids is 1. The van der Waals surface area contributed by atoms with E-state index in [1.807, 2.05) is 24.3 Å². The van der Waals surface area contributed by atoms with Gasteiger partial charge in [-0.2, -0.15) is 0 Å². The topological polar surface area (TPSA) is 20.5 Å². The summed E-state index contributed by atoms with van der Waals surface area (Å²) >= 11 is 0. The van der Waals surface area contributed by atoms with Gasteiger partial charge >= 0.3 is 5.78 Å². The number of allylic oxidation sites excluding steroid dienone is 6. The van der Waals surface area contributed by atoms with Gasteiger partial charge in [0, 0.05) is 12.2 Å². The molecule has 0 N–H and O–H groups in total. The molecule has 1 aromatic carbocycles. The second kappa shape index (κ2) is 6.90. The zero-order valence-corrected chi connectivity index (χ0v) is 12.3. The Balaban J connectivity index is 1.98. The smallest absolute Gasteiger partial charge is 0.343 e. The Morgan fingerprint density at radius 1 is 1.05 bits per heavy atom. The fourth-order valence-electron chi connectivity index (χ4n) is 2.14. The molecule has 0 atom stereocenters. The van der Waals surface area contributed by atoms with Gasteiger partial charge in [0.05, 0.1) is 7.11 Å². The average Bonchev–Trinajstić information content (AvgIpc) is 2.53. The molecule has 0 unspecified atom stereocenters. The van der Waals surface area contributed by atoms with Gasteiger partial charge in [-0.15, -0.1) is 0 Å². The van der Waals surface area contributed by atoms with Crippen LogP contribution < -0.4 is 4.74 Å². The molecule has 0 aliphatic heterocycles. The summed E-state index contributed by atoms with van der Waals surface area (Å²) in [5.74, 6) is 1.81. The largest absolute Gasteiger partial charge is 0.497 e. The van der Waals surface area contributed by atoms with Gasteiger partial charge in [-0.1, -0.05) is 17.7 Å². The third-order valence-electron chi connectivity index (χ3n) is 3.53. The molecule has 2 nitrogen and oxygen atoms in total. The van der Waals surface area contributed by atoms with E-state index in [0.717, 1.165) is 24.4 Å². The van der Waals surface area contributed by atoms with Crippen molar-refractivity contribution in [3.8, 4) is 5.75 Å². The summed E-state index contributed by atoms with van der Waals surface area (Å²) in [5.41, 5.74) is 4.00. The number of methoxy groups -OCH3 is 1. The van der Waals surface area contributed by atoms with E-state index in [0.29, 0.717) is 0 Å². The quantitative estimate of drug-likeness (QED) is 0.761. The first-order valence-corrected chi connectivity index (χ1v) is 6.82. The van der Waals surface area contributed by atoms with Crippen LogP contribution in [0.1, 0.15) is 18.9 Å². The second-order valence-corrected chi connectivity index (χ2v) is 4.86. The summed E-state index contributed by atoms with van der Waals surface area (Å²) in [6.07, 6.45) is 10.3. The maximum atomic E-state index is 5.18. The number of benzene rings is 1. The van der Waals surface area contributed by atoms with Crippen molar-refractivity contribution in [2.75, 3.05) is 14.2 Å². The van der Waals surface area contributed by atoms with Crippen molar-refractivity contribution in [1.82, 2.24) is 0 Å². The summed E-state index contributed by atoms with van der Waals surface area (Å²) in [7, 11) is 3.38.